The van der Waals surface area contributed by atoms with E-state index >= 15 is 0 Å². The summed E-state index contributed by atoms with van der Waals surface area (Å²) in [6.07, 6.45) is 0. The Morgan fingerprint density at radius 2 is 1.55 bits per heavy atom. The molecule has 2 heterocycles. The van der Waals surface area contributed by atoms with Gasteiger partial charge in [0.1, 0.15) is 10.6 Å². The lowest BCUT2D eigenvalue weighted by Crippen LogP contribution is -2.14. The first-order chi connectivity index (χ1) is 23.1. The summed E-state index contributed by atoms with van der Waals surface area (Å²) >= 11 is 18.9. The quantitative estimate of drug-likeness (QED) is 0.0505. The topological polar surface area (TPSA) is 234 Å². The Bertz CT molecular complexity index is 2420. The summed E-state index contributed by atoms with van der Waals surface area (Å²) in [5.74, 6) is -0.122. The molecule has 0 bridgehead atoms. The van der Waals surface area contributed by atoms with Crippen molar-refractivity contribution >= 4 is 101 Å². The van der Waals surface area contributed by atoms with E-state index in [9.17, 15) is 30.7 Å². The Labute approximate surface area is 296 Å². The summed E-state index contributed by atoms with van der Waals surface area (Å²) in [6, 6.07) is 11.9. The van der Waals surface area contributed by atoms with Crippen LogP contribution in [0.3, 0.4) is 0 Å². The maximum Gasteiger partial charge on any atom is 0.299 e. The van der Waals surface area contributed by atoms with Gasteiger partial charge in [0.2, 0.25) is 17.2 Å². The zero-order valence-corrected chi connectivity index (χ0v) is 29.2. The number of benzene rings is 3. The largest absolute Gasteiger partial charge is 0.325 e. The Morgan fingerprint density at radius 3 is 2.16 bits per heavy atom. The average Bonchev–Trinajstić information content (AvgIpc) is 3.32. The fourth-order valence-electron chi connectivity index (χ4n) is 4.12. The molecule has 0 aliphatic rings. The van der Waals surface area contributed by atoms with Crippen molar-refractivity contribution in [3.05, 3.63) is 98.0 Å². The standard InChI is InChI=1S/C27H20Cl3N9O7S3/c1-3-48(42,43)16-7-4-14(5-8-16)31-26-33-25(30)34-27(35-26)32-15-6-9-22(49(44,45)46)19(10-15)36-37-23-13(2)38-39(24(23)40)20-11-18(29)21(47-41)12-17(20)28/h3-12,38,41H,1H2,2H3,(H,44,45,46)(H2,31,32,33,34,35). The molecule has 0 aliphatic heterocycles. The van der Waals surface area contributed by atoms with Crippen molar-refractivity contribution in [2.75, 3.05) is 10.6 Å². The van der Waals surface area contributed by atoms with Crippen LogP contribution in [0.1, 0.15) is 5.69 Å². The molecule has 5 N–H and O–H groups in total. The van der Waals surface area contributed by atoms with Crippen molar-refractivity contribution in [2.24, 2.45) is 10.2 Å². The lowest BCUT2D eigenvalue weighted by atomic mass is 10.3. The van der Waals surface area contributed by atoms with Crippen LogP contribution in [0, 0.1) is 6.92 Å². The minimum atomic E-state index is -4.81. The molecule has 0 saturated carbocycles. The molecule has 0 fully saturated rings. The number of aryl methyl sites for hydroxylation is 1. The number of nitrogens with one attached hydrogen (secondary N) is 3. The zero-order valence-electron chi connectivity index (χ0n) is 24.5. The number of hydrogen-bond donors (Lipinski definition) is 5. The number of azo groups is 1. The molecular formula is C27H20Cl3N9O7S3. The molecule has 3 aromatic carbocycles. The Kier molecular flexibility index (Phi) is 10.5. The van der Waals surface area contributed by atoms with Crippen molar-refractivity contribution in [1.82, 2.24) is 24.7 Å². The van der Waals surface area contributed by atoms with E-state index < -0.39 is 30.4 Å². The van der Waals surface area contributed by atoms with Crippen LogP contribution in [0.5, 0.6) is 0 Å². The normalized spacial score (nSPS) is 12.0. The smallest absolute Gasteiger partial charge is 0.299 e. The van der Waals surface area contributed by atoms with Gasteiger partial charge in [-0.3, -0.25) is 14.4 Å². The van der Waals surface area contributed by atoms with E-state index in [1.807, 2.05) is 0 Å². The molecule has 22 heteroatoms. The third kappa shape index (κ3) is 8.11. The summed E-state index contributed by atoms with van der Waals surface area (Å²) < 4.78 is 68.5. The third-order valence-electron chi connectivity index (χ3n) is 6.40. The maximum atomic E-state index is 13.3. The van der Waals surface area contributed by atoms with Crippen molar-refractivity contribution in [3.63, 3.8) is 0 Å². The number of nitrogens with zero attached hydrogens (tertiary/aromatic N) is 6. The summed E-state index contributed by atoms with van der Waals surface area (Å²) in [5.41, 5.74) is -0.349. The van der Waals surface area contributed by atoms with E-state index in [1.165, 1.54) is 55.5 Å². The van der Waals surface area contributed by atoms with Gasteiger partial charge < -0.3 is 15.2 Å². The number of aromatic nitrogens is 5. The SMILES string of the molecule is C=CS(=O)(=O)c1ccc(Nc2nc(Cl)nc(Nc3ccc(S(=O)(=O)O)c(N=Nc4c(C)[nH]n(-c5cc(Cl)c(SO)cc5Cl)c4=O)c3)n2)cc1. The predicted molar refractivity (Wildman–Crippen MR) is 185 cm³/mol. The lowest BCUT2D eigenvalue weighted by Gasteiger charge is -2.10. The van der Waals surface area contributed by atoms with E-state index in [4.69, 9.17) is 34.8 Å². The van der Waals surface area contributed by atoms with Gasteiger partial charge in [0.15, 0.2) is 15.5 Å². The first-order valence-electron chi connectivity index (χ1n) is 13.2. The molecule has 49 heavy (non-hydrogen) atoms. The van der Waals surface area contributed by atoms with Gasteiger partial charge in [0.05, 0.1) is 31.2 Å². The summed E-state index contributed by atoms with van der Waals surface area (Å²) in [6.45, 7) is 4.80. The number of aromatic amines is 1. The second-order valence-corrected chi connectivity index (χ2v) is 14.7. The van der Waals surface area contributed by atoms with Gasteiger partial charge in [-0.15, -0.1) is 10.2 Å². The Hall–Kier alpha value is -4.34. The van der Waals surface area contributed by atoms with E-state index in [0.29, 0.717) is 17.7 Å². The molecule has 5 rings (SSSR count). The molecule has 0 unspecified atom stereocenters. The molecule has 16 nitrogen and oxygen atoms in total. The van der Waals surface area contributed by atoms with Gasteiger partial charge in [0.25, 0.3) is 15.7 Å². The highest BCUT2D eigenvalue weighted by molar-refractivity contribution is 7.94. The summed E-state index contributed by atoms with van der Waals surface area (Å²) in [5, 5.41) is 17.2. The van der Waals surface area contributed by atoms with Gasteiger partial charge in [-0.05, 0) is 73.1 Å². The molecule has 5 aromatic rings. The summed E-state index contributed by atoms with van der Waals surface area (Å²) in [4.78, 5) is 25.1. The van der Waals surface area contributed by atoms with Gasteiger partial charge in [-0.25, -0.2) is 13.1 Å². The molecule has 0 atom stereocenters. The predicted octanol–water partition coefficient (Wildman–Crippen LogP) is 7.25. The molecule has 0 spiro atoms. The minimum Gasteiger partial charge on any atom is -0.325 e. The molecular weight excluding hydrogens is 765 g/mol. The van der Waals surface area contributed by atoms with Crippen LogP contribution in [0.4, 0.5) is 34.6 Å². The van der Waals surface area contributed by atoms with Crippen molar-refractivity contribution in [1.29, 1.82) is 0 Å². The second-order valence-electron chi connectivity index (χ2n) is 9.65. The fourth-order valence-corrected chi connectivity index (χ4v) is 6.49. The highest BCUT2D eigenvalue weighted by Crippen LogP contribution is 2.34. The molecule has 0 saturated heterocycles. The number of halogens is 3. The first-order valence-corrected chi connectivity index (χ1v) is 18.1. The van der Waals surface area contributed by atoms with Crippen molar-refractivity contribution < 1.29 is 25.9 Å². The van der Waals surface area contributed by atoms with Crippen LogP contribution in [0.2, 0.25) is 15.3 Å². The van der Waals surface area contributed by atoms with Crippen LogP contribution >= 0.6 is 46.8 Å². The van der Waals surface area contributed by atoms with Gasteiger partial charge in [-0.1, -0.05) is 29.8 Å². The van der Waals surface area contributed by atoms with Gasteiger partial charge >= 0.3 is 0 Å². The molecule has 0 amide bonds. The Morgan fingerprint density at radius 1 is 0.918 bits per heavy atom. The Balaban J connectivity index is 1.45. The second kappa shape index (κ2) is 14.3. The van der Waals surface area contributed by atoms with E-state index in [2.05, 4.69) is 47.5 Å². The minimum absolute atomic E-state index is 0.0262. The van der Waals surface area contributed by atoms with Crippen LogP contribution < -0.4 is 16.2 Å². The van der Waals surface area contributed by atoms with Crippen LogP contribution in [0.25, 0.3) is 5.69 Å². The summed E-state index contributed by atoms with van der Waals surface area (Å²) in [7, 11) is -8.44. The number of rotatable bonds is 11. The van der Waals surface area contributed by atoms with Crippen molar-refractivity contribution in [2.45, 2.75) is 21.6 Å². The number of anilines is 4. The number of hydrogen-bond acceptors (Lipinski definition) is 14. The van der Waals surface area contributed by atoms with Crippen LogP contribution in [-0.2, 0) is 20.0 Å². The molecule has 0 radical (unpaired) electrons. The first kappa shape index (κ1) is 36.0. The highest BCUT2D eigenvalue weighted by Gasteiger charge is 2.20. The number of sulfone groups is 1. The van der Waals surface area contributed by atoms with E-state index in [0.717, 1.165) is 16.2 Å². The van der Waals surface area contributed by atoms with Crippen molar-refractivity contribution in [3.8, 4) is 5.69 Å². The lowest BCUT2D eigenvalue weighted by molar-refractivity contribution is 0.483. The monoisotopic (exact) mass is 783 g/mol. The fraction of sp³-hybridized carbons (Fsp3) is 0.0370. The average molecular weight is 785 g/mol. The number of H-pyrrole nitrogens is 1. The van der Waals surface area contributed by atoms with E-state index in [-0.39, 0.29) is 65.5 Å². The maximum absolute atomic E-state index is 13.3. The van der Waals surface area contributed by atoms with Crippen LogP contribution in [-0.4, -0.2) is 50.7 Å². The third-order valence-corrected chi connectivity index (χ3v) is 10.1. The molecule has 254 valence electrons. The zero-order chi connectivity index (χ0) is 35.7. The van der Waals surface area contributed by atoms with Gasteiger partial charge in [-0.2, -0.15) is 23.4 Å². The van der Waals surface area contributed by atoms with Gasteiger partial charge in [0, 0.05) is 28.8 Å². The highest BCUT2D eigenvalue weighted by atomic mass is 35.5. The molecule has 2 aromatic heterocycles. The van der Waals surface area contributed by atoms with Crippen LogP contribution in [0.15, 0.2) is 96.3 Å². The molecule has 0 aliphatic carbocycles. The van der Waals surface area contributed by atoms with E-state index in [1.54, 1.807) is 0 Å².